The van der Waals surface area contributed by atoms with Gasteiger partial charge in [0.15, 0.2) is 0 Å². The van der Waals surface area contributed by atoms with Gasteiger partial charge < -0.3 is 9.15 Å². The summed E-state index contributed by atoms with van der Waals surface area (Å²) in [5.41, 5.74) is 2.19. The maximum absolute atomic E-state index is 12.3. The summed E-state index contributed by atoms with van der Waals surface area (Å²) in [7, 11) is 1.33. The van der Waals surface area contributed by atoms with Gasteiger partial charge in [-0.1, -0.05) is 11.6 Å². The van der Waals surface area contributed by atoms with E-state index in [1.807, 2.05) is 0 Å². The van der Waals surface area contributed by atoms with Crippen molar-refractivity contribution in [1.82, 2.24) is 5.43 Å². The number of methoxy groups -OCH3 is 1. The number of hydrogen-bond acceptors (Lipinski definition) is 8. The third kappa shape index (κ3) is 4.85. The van der Waals surface area contributed by atoms with Crippen molar-refractivity contribution < 1.29 is 23.8 Å². The lowest BCUT2D eigenvalue weighted by atomic mass is 10.1. The Labute approximate surface area is 179 Å². The molecule has 12 heteroatoms. The number of carbonyl (C=O) groups excluding carboxylic acids is 1. The molecule has 0 saturated heterocycles. The number of ether oxygens (including phenoxy) is 1. The van der Waals surface area contributed by atoms with E-state index in [9.17, 15) is 25.0 Å². The highest BCUT2D eigenvalue weighted by atomic mass is 35.5. The molecule has 0 radical (unpaired) electrons. The number of amides is 1. The number of nitro benzene ring substituents is 2. The molecule has 158 valence electrons. The van der Waals surface area contributed by atoms with Crippen molar-refractivity contribution in [2.45, 2.75) is 0 Å². The first-order valence-corrected chi connectivity index (χ1v) is 8.88. The fraction of sp³-hybridized carbons (Fsp3) is 0.0526. The number of carbonyl (C=O) groups is 1. The van der Waals surface area contributed by atoms with Gasteiger partial charge in [0, 0.05) is 29.8 Å². The van der Waals surface area contributed by atoms with Crippen molar-refractivity contribution in [2.24, 2.45) is 5.10 Å². The fourth-order valence-electron chi connectivity index (χ4n) is 2.59. The number of nitro groups is 2. The standard InChI is InChI=1S/C19H13ClN4O7/c1-30-17-6-3-11(23(26)27)8-15(17)19(25)22-21-10-13-4-7-18(31-13)14-5-2-12(24(28)29)9-16(14)20/h2-10H,1H3,(H,22,25)/b21-10-. The highest BCUT2D eigenvalue weighted by Crippen LogP contribution is 2.32. The van der Waals surface area contributed by atoms with Gasteiger partial charge in [0.1, 0.15) is 17.3 Å². The SMILES string of the molecule is COc1ccc([N+](=O)[O-])cc1C(=O)N/N=C\c1ccc(-c2ccc([N+](=O)[O-])cc2Cl)o1. The summed E-state index contributed by atoms with van der Waals surface area (Å²) in [5, 5.41) is 25.6. The highest BCUT2D eigenvalue weighted by molar-refractivity contribution is 6.33. The van der Waals surface area contributed by atoms with Gasteiger partial charge in [0.2, 0.25) is 0 Å². The van der Waals surface area contributed by atoms with E-state index < -0.39 is 15.8 Å². The number of hydrazone groups is 1. The minimum absolute atomic E-state index is 0.0633. The van der Waals surface area contributed by atoms with Crippen molar-refractivity contribution in [1.29, 1.82) is 0 Å². The molecular weight excluding hydrogens is 432 g/mol. The van der Waals surface area contributed by atoms with Gasteiger partial charge in [-0.05, 0) is 24.3 Å². The third-order valence-electron chi connectivity index (χ3n) is 4.05. The predicted molar refractivity (Wildman–Crippen MR) is 111 cm³/mol. The first-order chi connectivity index (χ1) is 14.8. The molecule has 0 atom stereocenters. The Bertz CT molecular complexity index is 1210. The predicted octanol–water partition coefficient (Wildman–Crippen LogP) is 4.19. The molecule has 1 aromatic heterocycles. The molecule has 0 unspecified atom stereocenters. The van der Waals surface area contributed by atoms with Crippen LogP contribution in [0.2, 0.25) is 5.02 Å². The topological polar surface area (TPSA) is 150 Å². The van der Waals surface area contributed by atoms with Crippen LogP contribution in [-0.2, 0) is 0 Å². The number of rotatable bonds is 7. The van der Waals surface area contributed by atoms with Crippen molar-refractivity contribution >= 4 is 35.1 Å². The molecule has 0 aliphatic carbocycles. The summed E-state index contributed by atoms with van der Waals surface area (Å²) in [6.07, 6.45) is 1.21. The quantitative estimate of drug-likeness (QED) is 0.326. The number of nitrogens with one attached hydrogen (secondary N) is 1. The molecule has 0 fully saturated rings. The summed E-state index contributed by atoms with van der Waals surface area (Å²) in [5.74, 6) is 0.0251. The molecule has 2 aromatic carbocycles. The molecule has 0 saturated carbocycles. The monoisotopic (exact) mass is 444 g/mol. The Morgan fingerprint density at radius 3 is 2.42 bits per heavy atom. The Kier molecular flexibility index (Phi) is 6.26. The second-order valence-corrected chi connectivity index (χ2v) is 6.37. The number of furan rings is 1. The maximum atomic E-state index is 12.3. The van der Waals surface area contributed by atoms with Crippen LogP contribution >= 0.6 is 11.6 Å². The molecule has 31 heavy (non-hydrogen) atoms. The van der Waals surface area contributed by atoms with E-state index in [-0.39, 0.29) is 33.5 Å². The van der Waals surface area contributed by atoms with Crippen LogP contribution in [0.4, 0.5) is 11.4 Å². The number of halogens is 1. The molecule has 1 N–H and O–H groups in total. The molecule has 11 nitrogen and oxygen atoms in total. The molecule has 0 bridgehead atoms. The minimum atomic E-state index is -0.720. The van der Waals surface area contributed by atoms with Crippen molar-refractivity contribution in [3.05, 3.63) is 85.1 Å². The normalized spacial score (nSPS) is 10.8. The first kappa shape index (κ1) is 21.5. The zero-order chi connectivity index (χ0) is 22.5. The van der Waals surface area contributed by atoms with Crippen molar-refractivity contribution in [3.8, 4) is 17.1 Å². The van der Waals surface area contributed by atoms with E-state index in [2.05, 4.69) is 10.5 Å². The lowest BCUT2D eigenvalue weighted by Crippen LogP contribution is -2.18. The second-order valence-electron chi connectivity index (χ2n) is 5.96. The molecule has 1 amide bonds. The third-order valence-corrected chi connectivity index (χ3v) is 4.36. The number of non-ortho nitro benzene ring substituents is 2. The Hall–Kier alpha value is -4.25. The molecule has 3 rings (SSSR count). The van der Waals surface area contributed by atoms with Gasteiger partial charge in [-0.15, -0.1) is 0 Å². The van der Waals surface area contributed by atoms with Gasteiger partial charge in [0.05, 0.1) is 33.8 Å². The van der Waals surface area contributed by atoms with Crippen molar-refractivity contribution in [3.63, 3.8) is 0 Å². The first-order valence-electron chi connectivity index (χ1n) is 8.50. The molecule has 1 heterocycles. The van der Waals surface area contributed by atoms with Crippen LogP contribution < -0.4 is 10.2 Å². The van der Waals surface area contributed by atoms with Crippen LogP contribution in [0.15, 0.2) is 58.0 Å². The van der Waals surface area contributed by atoms with E-state index in [1.54, 1.807) is 12.1 Å². The van der Waals surface area contributed by atoms with Gasteiger partial charge in [-0.2, -0.15) is 5.10 Å². The van der Waals surface area contributed by atoms with E-state index in [4.69, 9.17) is 20.8 Å². The average Bonchev–Trinajstić information content (AvgIpc) is 3.21. The van der Waals surface area contributed by atoms with Crippen LogP contribution in [0, 0.1) is 20.2 Å². The molecule has 0 aliphatic rings. The maximum Gasteiger partial charge on any atom is 0.275 e. The zero-order valence-electron chi connectivity index (χ0n) is 15.8. The lowest BCUT2D eigenvalue weighted by molar-refractivity contribution is -0.385. The lowest BCUT2D eigenvalue weighted by Gasteiger charge is -2.06. The van der Waals surface area contributed by atoms with Crippen LogP contribution in [-0.4, -0.2) is 29.1 Å². The van der Waals surface area contributed by atoms with Crippen LogP contribution in [0.3, 0.4) is 0 Å². The van der Waals surface area contributed by atoms with E-state index in [0.717, 1.165) is 6.07 Å². The highest BCUT2D eigenvalue weighted by Gasteiger charge is 2.17. The summed E-state index contributed by atoms with van der Waals surface area (Å²) in [4.78, 5) is 32.8. The molecular formula is C19H13ClN4O7. The number of benzene rings is 2. The largest absolute Gasteiger partial charge is 0.496 e. The van der Waals surface area contributed by atoms with E-state index in [1.165, 1.54) is 43.7 Å². The van der Waals surface area contributed by atoms with Gasteiger partial charge >= 0.3 is 0 Å². The summed E-state index contributed by atoms with van der Waals surface area (Å²) in [6.45, 7) is 0. The average molecular weight is 445 g/mol. The van der Waals surface area contributed by atoms with E-state index >= 15 is 0 Å². The summed E-state index contributed by atoms with van der Waals surface area (Å²) in [6, 6.07) is 10.7. The summed E-state index contributed by atoms with van der Waals surface area (Å²) < 4.78 is 10.6. The number of hydrogen-bond donors (Lipinski definition) is 1. The zero-order valence-corrected chi connectivity index (χ0v) is 16.5. The minimum Gasteiger partial charge on any atom is -0.496 e. The Morgan fingerprint density at radius 1 is 1.10 bits per heavy atom. The molecule has 3 aromatic rings. The fourth-order valence-corrected chi connectivity index (χ4v) is 2.85. The van der Waals surface area contributed by atoms with Gasteiger partial charge in [-0.3, -0.25) is 25.0 Å². The van der Waals surface area contributed by atoms with Crippen LogP contribution in [0.5, 0.6) is 5.75 Å². The van der Waals surface area contributed by atoms with Crippen LogP contribution in [0.1, 0.15) is 16.1 Å². The van der Waals surface area contributed by atoms with E-state index in [0.29, 0.717) is 11.3 Å². The van der Waals surface area contributed by atoms with Gasteiger partial charge in [0.25, 0.3) is 17.3 Å². The molecule has 0 spiro atoms. The second kappa shape index (κ2) is 9.05. The smallest absolute Gasteiger partial charge is 0.275 e. The Balaban J connectivity index is 1.74. The van der Waals surface area contributed by atoms with Gasteiger partial charge in [-0.25, -0.2) is 5.43 Å². The summed E-state index contributed by atoms with van der Waals surface area (Å²) >= 11 is 6.08. The van der Waals surface area contributed by atoms with Crippen LogP contribution in [0.25, 0.3) is 11.3 Å². The van der Waals surface area contributed by atoms with Crippen molar-refractivity contribution in [2.75, 3.05) is 7.11 Å². The Morgan fingerprint density at radius 2 is 1.77 bits per heavy atom. The number of nitrogens with zero attached hydrogens (tertiary/aromatic N) is 3. The molecule has 0 aliphatic heterocycles.